The molecule has 0 saturated carbocycles. The van der Waals surface area contributed by atoms with Gasteiger partial charge in [0, 0.05) is 0 Å². The maximum absolute atomic E-state index is 12.6. The highest BCUT2D eigenvalue weighted by Crippen LogP contribution is 2.22. The zero-order chi connectivity index (χ0) is 9.14. The van der Waals surface area contributed by atoms with Crippen molar-refractivity contribution in [2.45, 2.75) is 13.5 Å². The largest absolute Gasteiger partial charge is 0.476 e. The summed E-state index contributed by atoms with van der Waals surface area (Å²) in [6, 6.07) is 0. The second-order valence-corrected chi connectivity index (χ2v) is 1.95. The molecule has 0 bridgehead atoms. The molecular weight excluding hydrogens is 173 g/mol. The highest BCUT2D eigenvalue weighted by molar-refractivity contribution is 5.11. The van der Waals surface area contributed by atoms with Gasteiger partial charge in [-0.25, -0.2) is 0 Å². The van der Waals surface area contributed by atoms with Gasteiger partial charge >= 0.3 is 6.55 Å². The van der Waals surface area contributed by atoms with Gasteiger partial charge in [0.25, 0.3) is 5.88 Å². The minimum Gasteiger partial charge on any atom is -0.476 e. The SMILES string of the molecule is CCOc1c(F)cnn1C(F)F. The van der Waals surface area contributed by atoms with Crippen molar-refractivity contribution in [3.8, 4) is 5.88 Å². The fraction of sp³-hybridized carbons (Fsp3) is 0.500. The minimum atomic E-state index is -2.88. The molecular formula is C6H7F3N2O. The van der Waals surface area contributed by atoms with Crippen LogP contribution in [0.4, 0.5) is 13.2 Å². The molecule has 1 heterocycles. The van der Waals surface area contributed by atoms with Crippen LogP contribution in [0.3, 0.4) is 0 Å². The molecule has 0 aliphatic carbocycles. The fourth-order valence-corrected chi connectivity index (χ4v) is 0.741. The van der Waals surface area contributed by atoms with E-state index in [9.17, 15) is 13.2 Å². The normalized spacial score (nSPS) is 10.8. The van der Waals surface area contributed by atoms with Crippen LogP contribution in [0.25, 0.3) is 0 Å². The van der Waals surface area contributed by atoms with Crippen LogP contribution in [0.5, 0.6) is 5.88 Å². The molecule has 3 nitrogen and oxygen atoms in total. The van der Waals surface area contributed by atoms with Crippen molar-refractivity contribution in [1.29, 1.82) is 0 Å². The Balaban J connectivity index is 2.95. The molecule has 12 heavy (non-hydrogen) atoms. The zero-order valence-electron chi connectivity index (χ0n) is 6.30. The van der Waals surface area contributed by atoms with E-state index in [4.69, 9.17) is 0 Å². The van der Waals surface area contributed by atoms with Gasteiger partial charge in [-0.05, 0) is 6.92 Å². The maximum Gasteiger partial charge on any atom is 0.336 e. The van der Waals surface area contributed by atoms with Crippen molar-refractivity contribution < 1.29 is 17.9 Å². The second-order valence-electron chi connectivity index (χ2n) is 1.95. The Hall–Kier alpha value is -1.20. The zero-order valence-corrected chi connectivity index (χ0v) is 6.30. The van der Waals surface area contributed by atoms with Crippen LogP contribution < -0.4 is 4.74 Å². The summed E-state index contributed by atoms with van der Waals surface area (Å²) in [6.07, 6.45) is 0.692. The predicted molar refractivity (Wildman–Crippen MR) is 34.6 cm³/mol. The van der Waals surface area contributed by atoms with Gasteiger partial charge in [0.15, 0.2) is 0 Å². The van der Waals surface area contributed by atoms with Gasteiger partial charge in [-0.2, -0.15) is 23.0 Å². The molecule has 0 N–H and O–H groups in total. The molecule has 0 aliphatic rings. The van der Waals surface area contributed by atoms with Crippen molar-refractivity contribution >= 4 is 0 Å². The predicted octanol–water partition coefficient (Wildman–Crippen LogP) is 1.82. The van der Waals surface area contributed by atoms with Gasteiger partial charge in [-0.15, -0.1) is 0 Å². The van der Waals surface area contributed by atoms with E-state index in [-0.39, 0.29) is 11.3 Å². The van der Waals surface area contributed by atoms with Crippen molar-refractivity contribution in [3.05, 3.63) is 12.0 Å². The molecule has 1 rings (SSSR count). The van der Waals surface area contributed by atoms with Crippen molar-refractivity contribution in [2.75, 3.05) is 6.61 Å². The standard InChI is InChI=1S/C6H7F3N2O/c1-2-12-5-4(7)3-10-11(5)6(8)9/h3,6H,2H2,1H3. The first-order chi connectivity index (χ1) is 5.66. The van der Waals surface area contributed by atoms with Crippen LogP contribution in [-0.2, 0) is 0 Å². The number of rotatable bonds is 3. The summed E-state index contributed by atoms with van der Waals surface area (Å²) >= 11 is 0. The molecule has 0 atom stereocenters. The van der Waals surface area contributed by atoms with Gasteiger partial charge in [-0.3, -0.25) is 0 Å². The summed E-state index contributed by atoms with van der Waals surface area (Å²) in [7, 11) is 0. The van der Waals surface area contributed by atoms with Crippen LogP contribution in [0, 0.1) is 5.82 Å². The Morgan fingerprint density at radius 1 is 1.67 bits per heavy atom. The van der Waals surface area contributed by atoms with E-state index in [0.717, 1.165) is 0 Å². The Labute approximate surface area is 66.7 Å². The third-order valence-corrected chi connectivity index (χ3v) is 1.17. The molecule has 1 aromatic heterocycles. The van der Waals surface area contributed by atoms with Crippen molar-refractivity contribution in [1.82, 2.24) is 9.78 Å². The third kappa shape index (κ3) is 1.51. The smallest absolute Gasteiger partial charge is 0.336 e. The number of hydrogen-bond donors (Lipinski definition) is 0. The summed E-state index contributed by atoms with van der Waals surface area (Å²) in [4.78, 5) is 0. The lowest BCUT2D eigenvalue weighted by Crippen LogP contribution is -2.05. The Kier molecular flexibility index (Phi) is 2.57. The summed E-state index contributed by atoms with van der Waals surface area (Å²) in [6.45, 7) is -1.19. The van der Waals surface area contributed by atoms with Crippen LogP contribution in [0.15, 0.2) is 6.20 Å². The average Bonchev–Trinajstić information content (AvgIpc) is 2.34. The van der Waals surface area contributed by atoms with Gasteiger partial charge in [0.2, 0.25) is 5.82 Å². The molecule has 0 aliphatic heterocycles. The lowest BCUT2D eigenvalue weighted by atomic mass is 10.6. The van der Waals surface area contributed by atoms with E-state index >= 15 is 0 Å². The molecule has 0 radical (unpaired) electrons. The average molecular weight is 180 g/mol. The molecule has 6 heteroatoms. The first kappa shape index (κ1) is 8.89. The van der Waals surface area contributed by atoms with E-state index in [2.05, 4.69) is 9.84 Å². The fourth-order valence-electron chi connectivity index (χ4n) is 0.741. The van der Waals surface area contributed by atoms with Crippen LogP contribution in [0.2, 0.25) is 0 Å². The lowest BCUT2D eigenvalue weighted by molar-refractivity contribution is 0.0450. The minimum absolute atomic E-state index is 0.120. The van der Waals surface area contributed by atoms with Crippen molar-refractivity contribution in [2.24, 2.45) is 0 Å². The topological polar surface area (TPSA) is 27.1 Å². The monoisotopic (exact) mass is 180 g/mol. The highest BCUT2D eigenvalue weighted by Gasteiger charge is 2.17. The van der Waals surface area contributed by atoms with Crippen molar-refractivity contribution in [3.63, 3.8) is 0 Å². The molecule has 0 unspecified atom stereocenters. The van der Waals surface area contributed by atoms with Crippen LogP contribution >= 0.6 is 0 Å². The van der Waals surface area contributed by atoms with Gasteiger partial charge in [0.1, 0.15) is 0 Å². The second kappa shape index (κ2) is 3.46. The van der Waals surface area contributed by atoms with Crippen LogP contribution in [-0.4, -0.2) is 16.4 Å². The van der Waals surface area contributed by atoms with Gasteiger partial charge in [-0.1, -0.05) is 0 Å². The molecule has 1 aromatic rings. The molecule has 0 saturated heterocycles. The highest BCUT2D eigenvalue weighted by atomic mass is 19.3. The number of nitrogens with zero attached hydrogens (tertiary/aromatic N) is 2. The summed E-state index contributed by atoms with van der Waals surface area (Å²) in [5.74, 6) is -1.40. The first-order valence-corrected chi connectivity index (χ1v) is 3.30. The number of alkyl halides is 2. The van der Waals surface area contributed by atoms with E-state index in [0.29, 0.717) is 6.20 Å². The van der Waals surface area contributed by atoms with Crippen LogP contribution in [0.1, 0.15) is 13.5 Å². The summed E-state index contributed by atoms with van der Waals surface area (Å²) in [5, 5.41) is 3.10. The molecule has 0 spiro atoms. The Morgan fingerprint density at radius 2 is 2.33 bits per heavy atom. The van der Waals surface area contributed by atoms with E-state index < -0.39 is 18.2 Å². The number of halogens is 3. The maximum atomic E-state index is 12.6. The summed E-state index contributed by atoms with van der Waals surface area (Å²) < 4.78 is 41.5. The molecule has 0 amide bonds. The number of ether oxygens (including phenoxy) is 1. The van der Waals surface area contributed by atoms with E-state index in [1.807, 2.05) is 0 Å². The lowest BCUT2D eigenvalue weighted by Gasteiger charge is -2.05. The van der Waals surface area contributed by atoms with Gasteiger partial charge < -0.3 is 4.74 Å². The number of hydrogen-bond acceptors (Lipinski definition) is 2. The Bertz CT molecular complexity index is 261. The number of aromatic nitrogens is 2. The quantitative estimate of drug-likeness (QED) is 0.709. The van der Waals surface area contributed by atoms with E-state index in [1.54, 1.807) is 6.92 Å². The molecule has 68 valence electrons. The van der Waals surface area contributed by atoms with E-state index in [1.165, 1.54) is 0 Å². The summed E-state index contributed by atoms with van der Waals surface area (Å²) in [5.41, 5.74) is 0. The molecule has 0 aromatic carbocycles. The van der Waals surface area contributed by atoms with Gasteiger partial charge in [0.05, 0.1) is 12.8 Å². The third-order valence-electron chi connectivity index (χ3n) is 1.17. The Morgan fingerprint density at radius 3 is 2.83 bits per heavy atom. The first-order valence-electron chi connectivity index (χ1n) is 3.30. The molecule has 0 fully saturated rings.